The van der Waals surface area contributed by atoms with Crippen molar-refractivity contribution in [2.75, 3.05) is 24.3 Å². The van der Waals surface area contributed by atoms with Gasteiger partial charge in [-0.15, -0.1) is 11.3 Å². The van der Waals surface area contributed by atoms with Crippen LogP contribution in [0.2, 0.25) is 0 Å². The van der Waals surface area contributed by atoms with Gasteiger partial charge >= 0.3 is 6.18 Å². The molecule has 0 radical (unpaired) electrons. The van der Waals surface area contributed by atoms with Gasteiger partial charge in [-0.1, -0.05) is 18.2 Å². The third-order valence-electron chi connectivity index (χ3n) is 5.18. The first-order chi connectivity index (χ1) is 15.6. The lowest BCUT2D eigenvalue weighted by molar-refractivity contribution is -0.137. The highest BCUT2D eigenvalue weighted by Gasteiger charge is 2.36. The van der Waals surface area contributed by atoms with Crippen molar-refractivity contribution in [2.24, 2.45) is 4.99 Å². The number of hydrogen-bond acceptors (Lipinski definition) is 6. The normalized spacial score (nSPS) is 13.8. The van der Waals surface area contributed by atoms with Gasteiger partial charge in [-0.3, -0.25) is 9.79 Å². The maximum atomic E-state index is 13.6. The van der Waals surface area contributed by atoms with Gasteiger partial charge in [0.2, 0.25) is 5.91 Å². The van der Waals surface area contributed by atoms with Crippen molar-refractivity contribution in [3.05, 3.63) is 57.4 Å². The summed E-state index contributed by atoms with van der Waals surface area (Å²) in [6.07, 6.45) is -4.68. The molecule has 2 N–H and O–H groups in total. The molecule has 2 heterocycles. The number of alkyl halides is 3. The third-order valence-corrected chi connectivity index (χ3v) is 6.13. The van der Waals surface area contributed by atoms with Crippen LogP contribution in [0.1, 0.15) is 27.4 Å². The first kappa shape index (κ1) is 22.9. The predicted octanol–water partition coefficient (Wildman–Crippen LogP) is 5.16. The van der Waals surface area contributed by atoms with Crippen molar-refractivity contribution >= 4 is 40.0 Å². The van der Waals surface area contributed by atoms with Crippen LogP contribution < -0.4 is 10.2 Å². The lowest BCUT2D eigenvalue weighted by Gasteiger charge is -2.21. The van der Waals surface area contributed by atoms with Gasteiger partial charge in [0.1, 0.15) is 0 Å². The summed E-state index contributed by atoms with van der Waals surface area (Å²) < 4.78 is 40.8. The predicted molar refractivity (Wildman–Crippen MR) is 123 cm³/mol. The van der Waals surface area contributed by atoms with Crippen molar-refractivity contribution in [3.63, 3.8) is 0 Å². The van der Waals surface area contributed by atoms with E-state index in [2.05, 4.69) is 15.3 Å². The SMILES string of the molecule is Cc1nc(-c2cccc(C3=Nc4cc(N(C)C)c(C(F)(F)F)cc4NC(=O)C3)c2)c(CO)s1. The van der Waals surface area contributed by atoms with Crippen LogP contribution in [0.4, 0.5) is 30.2 Å². The van der Waals surface area contributed by atoms with Crippen molar-refractivity contribution in [1.82, 2.24) is 4.98 Å². The summed E-state index contributed by atoms with van der Waals surface area (Å²) in [7, 11) is 3.05. The zero-order valence-corrected chi connectivity index (χ0v) is 18.9. The van der Waals surface area contributed by atoms with E-state index >= 15 is 0 Å². The molecule has 0 saturated carbocycles. The summed E-state index contributed by atoms with van der Waals surface area (Å²) in [4.78, 5) is 23.7. The minimum absolute atomic E-state index is 0.0155. The van der Waals surface area contributed by atoms with E-state index in [1.165, 1.54) is 36.4 Å². The summed E-state index contributed by atoms with van der Waals surface area (Å²) in [6.45, 7) is 1.71. The Labute approximate surface area is 192 Å². The number of aromatic nitrogens is 1. The Morgan fingerprint density at radius 3 is 2.58 bits per heavy atom. The summed E-state index contributed by atoms with van der Waals surface area (Å²) in [5.74, 6) is -0.454. The first-order valence-electron chi connectivity index (χ1n) is 10.0. The number of aryl methyl sites for hydroxylation is 1. The minimum atomic E-state index is -4.58. The molecule has 33 heavy (non-hydrogen) atoms. The first-order valence-corrected chi connectivity index (χ1v) is 10.9. The highest BCUT2D eigenvalue weighted by atomic mass is 32.1. The number of carbonyl (C=O) groups excluding carboxylic acids is 1. The van der Waals surface area contributed by atoms with E-state index in [1.54, 1.807) is 12.1 Å². The molecular formula is C23H21F3N4O2S. The van der Waals surface area contributed by atoms with E-state index < -0.39 is 17.6 Å². The van der Waals surface area contributed by atoms with E-state index in [0.717, 1.165) is 21.5 Å². The zero-order chi connectivity index (χ0) is 23.9. The van der Waals surface area contributed by atoms with Gasteiger partial charge < -0.3 is 15.3 Å². The number of carbonyl (C=O) groups is 1. The number of fused-ring (bicyclic) bond motifs is 1. The number of anilines is 2. The third kappa shape index (κ3) is 4.62. The van der Waals surface area contributed by atoms with Crippen LogP contribution in [0, 0.1) is 6.92 Å². The number of nitrogens with one attached hydrogen (secondary N) is 1. The molecule has 1 amide bonds. The lowest BCUT2D eigenvalue weighted by atomic mass is 10.0. The number of amides is 1. The molecule has 3 aromatic rings. The molecule has 0 saturated heterocycles. The molecule has 1 aromatic heterocycles. The second-order valence-electron chi connectivity index (χ2n) is 7.81. The molecule has 0 spiro atoms. The monoisotopic (exact) mass is 474 g/mol. The Bertz CT molecular complexity index is 1270. The molecule has 6 nitrogen and oxygen atoms in total. The number of aliphatic hydroxyl groups excluding tert-OH is 1. The van der Waals surface area contributed by atoms with Gasteiger partial charge in [0, 0.05) is 19.7 Å². The van der Waals surface area contributed by atoms with Crippen molar-refractivity contribution in [2.45, 2.75) is 26.1 Å². The highest BCUT2D eigenvalue weighted by molar-refractivity contribution is 7.12. The molecule has 0 bridgehead atoms. The number of nitrogens with zero attached hydrogens (tertiary/aromatic N) is 3. The average Bonchev–Trinajstić information content (AvgIpc) is 3.05. The number of thiazole rings is 1. The smallest absolute Gasteiger partial charge is 0.391 e. The molecule has 1 aliphatic rings. The number of hydrogen-bond donors (Lipinski definition) is 2. The quantitative estimate of drug-likeness (QED) is 0.548. The number of halogens is 3. The Morgan fingerprint density at radius 2 is 1.91 bits per heavy atom. The maximum Gasteiger partial charge on any atom is 0.418 e. The minimum Gasteiger partial charge on any atom is -0.391 e. The fraction of sp³-hybridized carbons (Fsp3) is 0.261. The Balaban J connectivity index is 1.84. The van der Waals surface area contributed by atoms with Gasteiger partial charge in [-0.2, -0.15) is 13.2 Å². The number of benzene rings is 2. The largest absolute Gasteiger partial charge is 0.418 e. The molecule has 0 aliphatic carbocycles. The van der Waals surface area contributed by atoms with Crippen LogP contribution in [-0.2, 0) is 17.6 Å². The van der Waals surface area contributed by atoms with Gasteiger partial charge in [-0.05, 0) is 30.7 Å². The van der Waals surface area contributed by atoms with Gasteiger partial charge in [0.05, 0.1) is 56.9 Å². The van der Waals surface area contributed by atoms with Crippen molar-refractivity contribution in [1.29, 1.82) is 0 Å². The molecule has 172 valence electrons. The summed E-state index contributed by atoms with van der Waals surface area (Å²) >= 11 is 1.40. The second-order valence-corrected chi connectivity index (χ2v) is 9.09. The lowest BCUT2D eigenvalue weighted by Crippen LogP contribution is -2.18. The van der Waals surface area contributed by atoms with Crippen LogP contribution in [0.3, 0.4) is 0 Å². The Hall–Kier alpha value is -3.24. The summed E-state index contributed by atoms with van der Waals surface area (Å²) in [6, 6.07) is 9.52. The molecule has 10 heteroatoms. The maximum absolute atomic E-state index is 13.6. The zero-order valence-electron chi connectivity index (χ0n) is 18.1. The Kier molecular flexibility index (Phi) is 5.98. The number of rotatable bonds is 4. The van der Waals surface area contributed by atoms with E-state index in [9.17, 15) is 23.1 Å². The van der Waals surface area contributed by atoms with Crippen LogP contribution in [-0.4, -0.2) is 35.8 Å². The van der Waals surface area contributed by atoms with Gasteiger partial charge in [-0.25, -0.2) is 4.98 Å². The Morgan fingerprint density at radius 1 is 1.18 bits per heavy atom. The van der Waals surface area contributed by atoms with Crippen LogP contribution in [0.15, 0.2) is 41.4 Å². The fourth-order valence-electron chi connectivity index (χ4n) is 3.71. The molecule has 0 atom stereocenters. The second kappa shape index (κ2) is 8.60. The van der Waals surface area contributed by atoms with E-state index in [1.807, 2.05) is 19.1 Å². The van der Waals surface area contributed by atoms with Crippen LogP contribution >= 0.6 is 11.3 Å². The fourth-order valence-corrected chi connectivity index (χ4v) is 4.53. The standard InChI is InChI=1S/C23H21F3N4O2S/c1-12-27-22(20(11-31)33-12)14-6-4-5-13(7-14)16-10-21(32)29-17-8-15(23(24,25)26)19(30(2)3)9-18(17)28-16/h4-9,31H,10-11H2,1-3H3,(H,29,32). The highest BCUT2D eigenvalue weighted by Crippen LogP contribution is 2.43. The topological polar surface area (TPSA) is 77.8 Å². The molecule has 0 fully saturated rings. The molecule has 0 unspecified atom stereocenters. The molecule has 1 aliphatic heterocycles. The van der Waals surface area contributed by atoms with Crippen molar-refractivity contribution in [3.8, 4) is 11.3 Å². The van der Waals surface area contributed by atoms with Crippen LogP contribution in [0.25, 0.3) is 11.3 Å². The average molecular weight is 475 g/mol. The van der Waals surface area contributed by atoms with Crippen molar-refractivity contribution < 1.29 is 23.1 Å². The van der Waals surface area contributed by atoms with E-state index in [0.29, 0.717) is 17.0 Å². The molecule has 4 rings (SSSR count). The summed E-state index contributed by atoms with van der Waals surface area (Å²) in [5, 5.41) is 13.0. The van der Waals surface area contributed by atoms with E-state index in [-0.39, 0.29) is 30.1 Å². The number of aliphatic hydroxyl groups is 1. The van der Waals surface area contributed by atoms with Gasteiger partial charge in [0.15, 0.2) is 0 Å². The molecular weight excluding hydrogens is 453 g/mol. The number of aliphatic imine (C=N–C) groups is 1. The van der Waals surface area contributed by atoms with E-state index in [4.69, 9.17) is 0 Å². The molecule has 2 aromatic carbocycles. The van der Waals surface area contributed by atoms with Gasteiger partial charge in [0.25, 0.3) is 0 Å². The van der Waals surface area contributed by atoms with Crippen LogP contribution in [0.5, 0.6) is 0 Å². The summed E-state index contributed by atoms with van der Waals surface area (Å²) in [5.41, 5.74) is 1.87.